The quantitative estimate of drug-likeness (QED) is 0.553. The molecule has 1 amide bonds. The van der Waals surface area contributed by atoms with E-state index in [-0.39, 0.29) is 5.91 Å². The number of nitrogens with zero attached hydrogens (tertiary/aromatic N) is 4. The van der Waals surface area contributed by atoms with Gasteiger partial charge in [0.25, 0.3) is 5.91 Å². The molecular formula is C19H16N4OS. The van der Waals surface area contributed by atoms with Gasteiger partial charge in [-0.15, -0.1) is 0 Å². The molecule has 0 unspecified atom stereocenters. The predicted octanol–water partition coefficient (Wildman–Crippen LogP) is 3.63. The predicted molar refractivity (Wildman–Crippen MR) is 97.3 cm³/mol. The number of rotatable bonds is 5. The Bertz CT molecular complexity index is 979. The summed E-state index contributed by atoms with van der Waals surface area (Å²) in [5, 5.41) is 8.38. The number of aromatic nitrogens is 3. The van der Waals surface area contributed by atoms with Crippen molar-refractivity contribution < 1.29 is 4.79 Å². The van der Waals surface area contributed by atoms with Crippen molar-refractivity contribution >= 4 is 22.8 Å². The number of hydrogen-bond donors (Lipinski definition) is 0. The number of hydrogen-bond acceptors (Lipinski definition) is 4. The van der Waals surface area contributed by atoms with Crippen molar-refractivity contribution in [2.75, 3.05) is 0 Å². The van der Waals surface area contributed by atoms with Crippen LogP contribution in [0.1, 0.15) is 21.6 Å². The lowest BCUT2D eigenvalue weighted by Gasteiger charge is -2.22. The number of fused-ring (bicyclic) bond motifs is 1. The largest absolute Gasteiger partial charge is 0.329 e. The molecule has 0 aliphatic rings. The van der Waals surface area contributed by atoms with E-state index in [9.17, 15) is 4.79 Å². The second-order valence-electron chi connectivity index (χ2n) is 5.73. The molecule has 5 nitrogen and oxygen atoms in total. The fourth-order valence-corrected chi connectivity index (χ4v) is 3.45. The summed E-state index contributed by atoms with van der Waals surface area (Å²) in [5.74, 6) is -0.0515. The fraction of sp³-hybridized carbons (Fsp3) is 0.105. The van der Waals surface area contributed by atoms with Crippen LogP contribution in [0.5, 0.6) is 0 Å². The third-order valence-electron chi connectivity index (χ3n) is 3.98. The van der Waals surface area contributed by atoms with Crippen molar-refractivity contribution in [3.05, 3.63) is 88.6 Å². The van der Waals surface area contributed by atoms with E-state index in [2.05, 4.69) is 15.5 Å². The van der Waals surface area contributed by atoms with E-state index in [1.54, 1.807) is 34.4 Å². The van der Waals surface area contributed by atoms with Crippen LogP contribution in [0.3, 0.4) is 0 Å². The Morgan fingerprint density at radius 2 is 1.96 bits per heavy atom. The van der Waals surface area contributed by atoms with Crippen LogP contribution in [-0.4, -0.2) is 25.4 Å². The molecule has 6 heteroatoms. The van der Waals surface area contributed by atoms with Crippen molar-refractivity contribution in [3.63, 3.8) is 0 Å². The standard InChI is InChI=1S/C19H16N4OS/c24-19(18-5-1-4-17-6-9-21-23(17)18)22(13-16-7-10-25-14-16)12-15-3-2-8-20-11-15/h1-11,14H,12-13H2. The zero-order valence-corrected chi connectivity index (χ0v) is 14.3. The van der Waals surface area contributed by atoms with E-state index >= 15 is 0 Å². The van der Waals surface area contributed by atoms with Gasteiger partial charge in [0.2, 0.25) is 0 Å². The van der Waals surface area contributed by atoms with Gasteiger partial charge in [-0.3, -0.25) is 9.78 Å². The van der Waals surface area contributed by atoms with Gasteiger partial charge in [0.05, 0.1) is 11.7 Å². The van der Waals surface area contributed by atoms with Crippen LogP contribution in [0.4, 0.5) is 0 Å². The van der Waals surface area contributed by atoms with E-state index in [0.29, 0.717) is 18.8 Å². The molecule has 0 fully saturated rings. The molecular weight excluding hydrogens is 332 g/mol. The Morgan fingerprint density at radius 1 is 1.04 bits per heavy atom. The van der Waals surface area contributed by atoms with Gasteiger partial charge in [0.15, 0.2) is 0 Å². The number of amides is 1. The molecule has 4 rings (SSSR count). The van der Waals surface area contributed by atoms with Gasteiger partial charge in [-0.05, 0) is 52.2 Å². The first-order valence-corrected chi connectivity index (χ1v) is 8.87. The summed E-state index contributed by atoms with van der Waals surface area (Å²) in [4.78, 5) is 19.2. The summed E-state index contributed by atoms with van der Waals surface area (Å²) in [6.45, 7) is 1.05. The molecule has 4 aromatic heterocycles. The summed E-state index contributed by atoms with van der Waals surface area (Å²) >= 11 is 1.63. The number of carbonyl (C=O) groups is 1. The maximum Gasteiger partial charge on any atom is 0.273 e. The van der Waals surface area contributed by atoms with Crippen molar-refractivity contribution in [3.8, 4) is 0 Å². The van der Waals surface area contributed by atoms with Crippen LogP contribution < -0.4 is 0 Å². The van der Waals surface area contributed by atoms with Crippen molar-refractivity contribution in [1.82, 2.24) is 19.5 Å². The van der Waals surface area contributed by atoms with Crippen LogP contribution in [0.2, 0.25) is 0 Å². The molecule has 0 atom stereocenters. The van der Waals surface area contributed by atoms with Crippen LogP contribution in [0, 0.1) is 0 Å². The highest BCUT2D eigenvalue weighted by Crippen LogP contribution is 2.16. The monoisotopic (exact) mass is 348 g/mol. The first-order valence-electron chi connectivity index (χ1n) is 7.93. The molecule has 124 valence electrons. The molecule has 0 aliphatic heterocycles. The summed E-state index contributed by atoms with van der Waals surface area (Å²) in [6.07, 6.45) is 5.23. The Balaban J connectivity index is 1.69. The Hall–Kier alpha value is -2.99. The minimum atomic E-state index is -0.0515. The third kappa shape index (κ3) is 3.29. The van der Waals surface area contributed by atoms with Gasteiger partial charge in [-0.25, -0.2) is 4.52 Å². The highest BCUT2D eigenvalue weighted by atomic mass is 32.1. The second-order valence-corrected chi connectivity index (χ2v) is 6.51. The average molecular weight is 348 g/mol. The summed E-state index contributed by atoms with van der Waals surface area (Å²) in [5.41, 5.74) is 3.58. The first-order chi connectivity index (χ1) is 12.3. The average Bonchev–Trinajstić information content (AvgIpc) is 3.32. The van der Waals surface area contributed by atoms with Gasteiger partial charge in [0.1, 0.15) is 5.69 Å². The third-order valence-corrected chi connectivity index (χ3v) is 4.71. The molecule has 4 heterocycles. The number of thiophene rings is 1. The van der Waals surface area contributed by atoms with E-state index in [0.717, 1.165) is 16.6 Å². The van der Waals surface area contributed by atoms with Crippen LogP contribution in [0.25, 0.3) is 5.52 Å². The normalized spacial score (nSPS) is 10.9. The van der Waals surface area contributed by atoms with E-state index < -0.39 is 0 Å². The van der Waals surface area contributed by atoms with E-state index in [1.165, 1.54) is 0 Å². The lowest BCUT2D eigenvalue weighted by atomic mass is 10.2. The minimum absolute atomic E-state index is 0.0515. The molecule has 0 aromatic carbocycles. The topological polar surface area (TPSA) is 50.5 Å². The van der Waals surface area contributed by atoms with E-state index in [4.69, 9.17) is 0 Å². The van der Waals surface area contributed by atoms with Crippen molar-refractivity contribution in [2.45, 2.75) is 13.1 Å². The highest BCUT2D eigenvalue weighted by molar-refractivity contribution is 7.07. The Labute approximate surface area is 149 Å². The molecule has 0 saturated carbocycles. The molecule has 0 radical (unpaired) electrons. The first kappa shape index (κ1) is 15.5. The molecule has 0 bridgehead atoms. The lowest BCUT2D eigenvalue weighted by molar-refractivity contribution is 0.0721. The summed E-state index contributed by atoms with van der Waals surface area (Å²) < 4.78 is 1.69. The Morgan fingerprint density at radius 3 is 2.76 bits per heavy atom. The van der Waals surface area contributed by atoms with Gasteiger partial charge in [0, 0.05) is 25.5 Å². The SMILES string of the molecule is O=C(c1cccc2ccnn12)N(Cc1cccnc1)Cc1ccsc1. The van der Waals surface area contributed by atoms with Crippen LogP contribution >= 0.6 is 11.3 Å². The van der Waals surface area contributed by atoms with Crippen molar-refractivity contribution in [1.29, 1.82) is 0 Å². The molecule has 0 N–H and O–H groups in total. The molecule has 0 saturated heterocycles. The van der Waals surface area contributed by atoms with Crippen molar-refractivity contribution in [2.24, 2.45) is 0 Å². The molecule has 0 spiro atoms. The fourth-order valence-electron chi connectivity index (χ4n) is 2.79. The number of carbonyl (C=O) groups excluding carboxylic acids is 1. The smallest absolute Gasteiger partial charge is 0.273 e. The van der Waals surface area contributed by atoms with Crippen LogP contribution in [0.15, 0.2) is 71.8 Å². The summed E-state index contributed by atoms with van der Waals surface area (Å²) in [6, 6.07) is 13.4. The second kappa shape index (κ2) is 6.86. The van der Waals surface area contributed by atoms with Gasteiger partial charge >= 0.3 is 0 Å². The Kier molecular flexibility index (Phi) is 4.26. The van der Waals surface area contributed by atoms with Gasteiger partial charge in [-0.1, -0.05) is 12.1 Å². The van der Waals surface area contributed by atoms with Gasteiger partial charge < -0.3 is 4.90 Å². The highest BCUT2D eigenvalue weighted by Gasteiger charge is 2.20. The summed E-state index contributed by atoms with van der Waals surface area (Å²) in [7, 11) is 0. The number of pyridine rings is 2. The minimum Gasteiger partial charge on any atom is -0.329 e. The maximum atomic E-state index is 13.2. The molecule has 4 aromatic rings. The molecule has 0 aliphatic carbocycles. The molecule has 25 heavy (non-hydrogen) atoms. The van der Waals surface area contributed by atoms with Gasteiger partial charge in [-0.2, -0.15) is 16.4 Å². The zero-order valence-electron chi connectivity index (χ0n) is 13.4. The van der Waals surface area contributed by atoms with E-state index in [1.807, 2.05) is 52.7 Å². The lowest BCUT2D eigenvalue weighted by Crippen LogP contribution is -2.31. The van der Waals surface area contributed by atoms with Crippen LogP contribution in [-0.2, 0) is 13.1 Å². The zero-order chi connectivity index (χ0) is 17.1. The maximum absolute atomic E-state index is 13.2.